The van der Waals surface area contributed by atoms with Gasteiger partial charge in [0, 0.05) is 12.2 Å². The SMILES string of the molecule is Cc1cccc2c1N(C(=O)C(N)CC(=O)O)CCC2. The lowest BCUT2D eigenvalue weighted by molar-refractivity contribution is -0.139. The van der Waals surface area contributed by atoms with Gasteiger partial charge in [0.15, 0.2) is 0 Å². The van der Waals surface area contributed by atoms with Crippen molar-refractivity contribution in [1.82, 2.24) is 0 Å². The molecule has 0 radical (unpaired) electrons. The van der Waals surface area contributed by atoms with Gasteiger partial charge in [0.1, 0.15) is 0 Å². The summed E-state index contributed by atoms with van der Waals surface area (Å²) in [5, 5.41) is 8.73. The number of aryl methyl sites for hydroxylation is 2. The van der Waals surface area contributed by atoms with E-state index in [1.807, 2.05) is 25.1 Å². The Morgan fingerprint density at radius 2 is 2.21 bits per heavy atom. The number of nitrogens with zero attached hydrogens (tertiary/aromatic N) is 1. The lowest BCUT2D eigenvalue weighted by Gasteiger charge is -2.32. The van der Waals surface area contributed by atoms with Crippen molar-refractivity contribution in [2.45, 2.75) is 32.2 Å². The van der Waals surface area contributed by atoms with Crippen LogP contribution in [-0.4, -0.2) is 29.6 Å². The van der Waals surface area contributed by atoms with Crippen LogP contribution in [0, 0.1) is 6.92 Å². The molecule has 1 heterocycles. The number of hydrogen-bond donors (Lipinski definition) is 2. The van der Waals surface area contributed by atoms with Crippen LogP contribution in [0.25, 0.3) is 0 Å². The molecule has 0 bridgehead atoms. The number of carboxylic acids is 1. The van der Waals surface area contributed by atoms with Crippen LogP contribution in [0.1, 0.15) is 24.0 Å². The normalized spacial score (nSPS) is 15.8. The third-order valence-electron chi connectivity index (χ3n) is 3.40. The molecule has 1 aromatic rings. The first kappa shape index (κ1) is 13.5. The highest BCUT2D eigenvalue weighted by molar-refractivity contribution is 6.00. The molecule has 5 heteroatoms. The van der Waals surface area contributed by atoms with Crippen LogP contribution in [0.4, 0.5) is 5.69 Å². The van der Waals surface area contributed by atoms with Gasteiger partial charge in [-0.1, -0.05) is 18.2 Å². The Morgan fingerprint density at radius 1 is 1.47 bits per heavy atom. The standard InChI is InChI=1S/C14H18N2O3/c1-9-4-2-5-10-6-3-7-16(13(9)10)14(19)11(15)8-12(17)18/h2,4-5,11H,3,6-8,15H2,1H3,(H,17,18). The molecule has 0 spiro atoms. The Kier molecular flexibility index (Phi) is 3.85. The fraction of sp³-hybridized carbons (Fsp3) is 0.429. The molecule has 1 amide bonds. The molecule has 102 valence electrons. The highest BCUT2D eigenvalue weighted by Gasteiger charge is 2.28. The number of hydrogen-bond acceptors (Lipinski definition) is 3. The van der Waals surface area contributed by atoms with E-state index in [1.54, 1.807) is 4.90 Å². The highest BCUT2D eigenvalue weighted by atomic mass is 16.4. The molecule has 1 aromatic carbocycles. The monoisotopic (exact) mass is 262 g/mol. The van der Waals surface area contributed by atoms with Crippen LogP contribution in [0.3, 0.4) is 0 Å². The number of para-hydroxylation sites is 1. The predicted octanol–water partition coefficient (Wildman–Crippen LogP) is 1.08. The number of anilines is 1. The van der Waals surface area contributed by atoms with E-state index in [-0.39, 0.29) is 12.3 Å². The summed E-state index contributed by atoms with van der Waals surface area (Å²) >= 11 is 0. The number of carboxylic acid groups (broad SMARTS) is 1. The van der Waals surface area contributed by atoms with Crippen LogP contribution in [0.2, 0.25) is 0 Å². The second kappa shape index (κ2) is 5.40. The van der Waals surface area contributed by atoms with Gasteiger partial charge < -0.3 is 15.7 Å². The van der Waals surface area contributed by atoms with Crippen molar-refractivity contribution in [3.05, 3.63) is 29.3 Å². The summed E-state index contributed by atoms with van der Waals surface area (Å²) in [7, 11) is 0. The molecule has 0 saturated carbocycles. The average Bonchev–Trinajstić information content (AvgIpc) is 2.36. The molecule has 1 atom stereocenters. The molecular weight excluding hydrogens is 244 g/mol. The van der Waals surface area contributed by atoms with Gasteiger partial charge >= 0.3 is 5.97 Å². The molecule has 1 aliphatic rings. The van der Waals surface area contributed by atoms with Gasteiger partial charge in [0.25, 0.3) is 0 Å². The number of benzene rings is 1. The van der Waals surface area contributed by atoms with Crippen molar-refractivity contribution in [3.63, 3.8) is 0 Å². The van der Waals surface area contributed by atoms with Gasteiger partial charge in [-0.25, -0.2) is 0 Å². The smallest absolute Gasteiger partial charge is 0.305 e. The van der Waals surface area contributed by atoms with Crippen LogP contribution in [0.15, 0.2) is 18.2 Å². The number of fused-ring (bicyclic) bond motifs is 1. The van der Waals surface area contributed by atoms with Crippen LogP contribution in [0.5, 0.6) is 0 Å². The number of amides is 1. The van der Waals surface area contributed by atoms with E-state index in [2.05, 4.69) is 0 Å². The largest absolute Gasteiger partial charge is 0.481 e. The first-order chi connectivity index (χ1) is 9.00. The van der Waals surface area contributed by atoms with E-state index < -0.39 is 12.0 Å². The Hall–Kier alpha value is -1.88. The Labute approximate surface area is 112 Å². The summed E-state index contributed by atoms with van der Waals surface area (Å²) < 4.78 is 0. The summed E-state index contributed by atoms with van der Waals surface area (Å²) in [5.74, 6) is -1.36. The van der Waals surface area contributed by atoms with E-state index >= 15 is 0 Å². The van der Waals surface area contributed by atoms with Crippen molar-refractivity contribution in [3.8, 4) is 0 Å². The molecule has 2 rings (SSSR count). The highest BCUT2D eigenvalue weighted by Crippen LogP contribution is 2.30. The quantitative estimate of drug-likeness (QED) is 0.853. The van der Waals surface area contributed by atoms with Crippen LogP contribution in [-0.2, 0) is 16.0 Å². The zero-order valence-electron chi connectivity index (χ0n) is 10.9. The van der Waals surface area contributed by atoms with Gasteiger partial charge in [-0.05, 0) is 30.9 Å². The van der Waals surface area contributed by atoms with E-state index in [1.165, 1.54) is 0 Å². The van der Waals surface area contributed by atoms with Gasteiger partial charge in [-0.2, -0.15) is 0 Å². The molecule has 1 unspecified atom stereocenters. The van der Waals surface area contributed by atoms with E-state index in [0.717, 1.165) is 29.7 Å². The molecule has 0 aliphatic carbocycles. The Balaban J connectivity index is 2.28. The molecule has 0 aromatic heterocycles. The zero-order chi connectivity index (χ0) is 14.0. The van der Waals surface area contributed by atoms with Gasteiger partial charge in [0.05, 0.1) is 12.5 Å². The second-order valence-electron chi connectivity index (χ2n) is 4.88. The van der Waals surface area contributed by atoms with Crippen molar-refractivity contribution in [2.24, 2.45) is 5.73 Å². The number of carbonyl (C=O) groups is 2. The zero-order valence-corrected chi connectivity index (χ0v) is 10.9. The summed E-state index contributed by atoms with van der Waals surface area (Å²) in [6.07, 6.45) is 1.48. The topological polar surface area (TPSA) is 83.6 Å². The summed E-state index contributed by atoms with van der Waals surface area (Å²) in [6, 6.07) is 4.94. The average molecular weight is 262 g/mol. The van der Waals surface area contributed by atoms with Crippen molar-refractivity contribution in [2.75, 3.05) is 11.4 Å². The lowest BCUT2D eigenvalue weighted by Crippen LogP contribution is -2.47. The van der Waals surface area contributed by atoms with Gasteiger partial charge in [0.2, 0.25) is 5.91 Å². The number of aliphatic carboxylic acids is 1. The first-order valence-corrected chi connectivity index (χ1v) is 6.38. The van der Waals surface area contributed by atoms with Gasteiger partial charge in [-0.3, -0.25) is 9.59 Å². The molecule has 3 N–H and O–H groups in total. The summed E-state index contributed by atoms with van der Waals surface area (Å²) in [6.45, 7) is 2.55. The predicted molar refractivity (Wildman–Crippen MR) is 72.1 cm³/mol. The van der Waals surface area contributed by atoms with Crippen LogP contribution < -0.4 is 10.6 Å². The maximum absolute atomic E-state index is 12.3. The maximum atomic E-state index is 12.3. The number of rotatable bonds is 3. The van der Waals surface area contributed by atoms with E-state index in [0.29, 0.717) is 6.54 Å². The number of nitrogens with two attached hydrogens (primary N) is 1. The molecule has 1 aliphatic heterocycles. The van der Waals surface area contributed by atoms with Crippen molar-refractivity contribution >= 4 is 17.6 Å². The van der Waals surface area contributed by atoms with Gasteiger partial charge in [-0.15, -0.1) is 0 Å². The van der Waals surface area contributed by atoms with E-state index in [4.69, 9.17) is 10.8 Å². The first-order valence-electron chi connectivity index (χ1n) is 6.38. The second-order valence-corrected chi connectivity index (χ2v) is 4.88. The minimum Gasteiger partial charge on any atom is -0.481 e. The number of carbonyl (C=O) groups excluding carboxylic acids is 1. The minimum absolute atomic E-state index is 0.308. The lowest BCUT2D eigenvalue weighted by atomic mass is 9.97. The van der Waals surface area contributed by atoms with Crippen LogP contribution >= 0.6 is 0 Å². The fourth-order valence-corrected chi connectivity index (χ4v) is 2.54. The Bertz CT molecular complexity index is 513. The molecule has 5 nitrogen and oxygen atoms in total. The Morgan fingerprint density at radius 3 is 2.89 bits per heavy atom. The third-order valence-corrected chi connectivity index (χ3v) is 3.40. The maximum Gasteiger partial charge on any atom is 0.305 e. The molecular formula is C14H18N2O3. The summed E-state index contributed by atoms with van der Waals surface area (Å²) in [4.78, 5) is 24.6. The third kappa shape index (κ3) is 2.76. The van der Waals surface area contributed by atoms with Crippen molar-refractivity contribution < 1.29 is 14.7 Å². The fourth-order valence-electron chi connectivity index (χ4n) is 2.54. The minimum atomic E-state index is -1.05. The van der Waals surface area contributed by atoms with Crippen molar-refractivity contribution in [1.29, 1.82) is 0 Å². The molecule has 19 heavy (non-hydrogen) atoms. The van der Waals surface area contributed by atoms with E-state index in [9.17, 15) is 9.59 Å². The molecule has 0 saturated heterocycles. The summed E-state index contributed by atoms with van der Waals surface area (Å²) in [5.41, 5.74) is 8.73. The molecule has 0 fully saturated rings.